The highest BCUT2D eigenvalue weighted by Crippen LogP contribution is 2.09. The highest BCUT2D eigenvalue weighted by Gasteiger charge is 1.98. The molecule has 2 rings (SSSR count). The Bertz CT molecular complexity index is 703. The second-order valence-corrected chi connectivity index (χ2v) is 4.83. The molecule has 0 fully saturated rings. The SMILES string of the molecule is O=C(C#Cc1cccc(Cl)c1)NCCc1cccc(F)c1. The van der Waals surface area contributed by atoms with Crippen LogP contribution in [0.1, 0.15) is 11.1 Å². The van der Waals surface area contributed by atoms with Crippen LogP contribution in [0.5, 0.6) is 0 Å². The minimum atomic E-state index is -0.369. The van der Waals surface area contributed by atoms with Crippen molar-refractivity contribution in [3.05, 3.63) is 70.5 Å². The van der Waals surface area contributed by atoms with E-state index in [1.54, 1.807) is 30.3 Å². The van der Waals surface area contributed by atoms with Crippen LogP contribution in [0.3, 0.4) is 0 Å². The molecule has 0 aromatic heterocycles. The van der Waals surface area contributed by atoms with Crippen molar-refractivity contribution in [1.29, 1.82) is 0 Å². The Labute approximate surface area is 127 Å². The van der Waals surface area contributed by atoms with E-state index in [0.717, 1.165) is 5.56 Å². The predicted octanol–water partition coefficient (Wildman–Crippen LogP) is 3.19. The highest BCUT2D eigenvalue weighted by molar-refractivity contribution is 6.30. The maximum Gasteiger partial charge on any atom is 0.296 e. The standard InChI is InChI=1S/C17H13ClFNO/c18-15-5-1-3-13(11-15)7-8-17(21)20-10-9-14-4-2-6-16(19)12-14/h1-6,11-12H,9-10H2,(H,20,21). The van der Waals surface area contributed by atoms with Crippen LogP contribution in [0.4, 0.5) is 4.39 Å². The van der Waals surface area contributed by atoms with E-state index in [1.807, 2.05) is 6.07 Å². The lowest BCUT2D eigenvalue weighted by Gasteiger charge is -2.01. The number of hydrogen-bond acceptors (Lipinski definition) is 1. The van der Waals surface area contributed by atoms with Crippen LogP contribution in [0.15, 0.2) is 48.5 Å². The van der Waals surface area contributed by atoms with E-state index in [0.29, 0.717) is 23.6 Å². The fraction of sp³-hybridized carbons (Fsp3) is 0.118. The first-order valence-electron chi connectivity index (χ1n) is 6.43. The van der Waals surface area contributed by atoms with E-state index in [-0.39, 0.29) is 11.7 Å². The molecule has 2 aromatic carbocycles. The van der Waals surface area contributed by atoms with Gasteiger partial charge >= 0.3 is 0 Å². The van der Waals surface area contributed by atoms with E-state index in [2.05, 4.69) is 17.2 Å². The number of benzene rings is 2. The van der Waals surface area contributed by atoms with Gasteiger partial charge in [-0.1, -0.05) is 35.7 Å². The van der Waals surface area contributed by atoms with Crippen molar-refractivity contribution in [2.75, 3.05) is 6.54 Å². The van der Waals surface area contributed by atoms with Crippen molar-refractivity contribution in [3.63, 3.8) is 0 Å². The number of amides is 1. The van der Waals surface area contributed by atoms with Crippen LogP contribution in [0.2, 0.25) is 5.02 Å². The molecule has 4 heteroatoms. The fourth-order valence-electron chi connectivity index (χ4n) is 1.75. The molecule has 0 aliphatic rings. The van der Waals surface area contributed by atoms with Crippen molar-refractivity contribution in [2.24, 2.45) is 0 Å². The summed E-state index contributed by atoms with van der Waals surface area (Å²) in [6.07, 6.45) is 0.558. The minimum Gasteiger partial charge on any atom is -0.345 e. The summed E-state index contributed by atoms with van der Waals surface area (Å²) in [5.41, 5.74) is 1.51. The molecule has 21 heavy (non-hydrogen) atoms. The average Bonchev–Trinajstić information content (AvgIpc) is 2.45. The summed E-state index contributed by atoms with van der Waals surface area (Å²) in [6, 6.07) is 13.3. The van der Waals surface area contributed by atoms with Crippen molar-refractivity contribution in [3.8, 4) is 11.8 Å². The third-order valence-electron chi connectivity index (χ3n) is 2.73. The zero-order chi connectivity index (χ0) is 15.1. The molecule has 0 aliphatic carbocycles. The highest BCUT2D eigenvalue weighted by atomic mass is 35.5. The van der Waals surface area contributed by atoms with Gasteiger partial charge in [0.2, 0.25) is 0 Å². The quantitative estimate of drug-likeness (QED) is 0.867. The van der Waals surface area contributed by atoms with E-state index in [4.69, 9.17) is 11.6 Å². The van der Waals surface area contributed by atoms with Gasteiger partial charge in [-0.3, -0.25) is 4.79 Å². The lowest BCUT2D eigenvalue weighted by atomic mass is 10.1. The smallest absolute Gasteiger partial charge is 0.296 e. The maximum absolute atomic E-state index is 13.0. The zero-order valence-corrected chi connectivity index (χ0v) is 12.0. The minimum absolute atomic E-state index is 0.278. The molecule has 0 saturated carbocycles. The van der Waals surface area contributed by atoms with E-state index in [1.165, 1.54) is 12.1 Å². The van der Waals surface area contributed by atoms with E-state index in [9.17, 15) is 9.18 Å². The van der Waals surface area contributed by atoms with Gasteiger partial charge in [0.15, 0.2) is 0 Å². The van der Waals surface area contributed by atoms with Crippen LogP contribution >= 0.6 is 11.6 Å². The third-order valence-corrected chi connectivity index (χ3v) is 2.97. The number of halogens is 2. The molecule has 2 nitrogen and oxygen atoms in total. The number of carbonyl (C=O) groups excluding carboxylic acids is 1. The molecule has 0 aliphatic heterocycles. The molecule has 0 unspecified atom stereocenters. The lowest BCUT2D eigenvalue weighted by molar-refractivity contribution is -0.115. The summed E-state index contributed by atoms with van der Waals surface area (Å²) in [7, 11) is 0. The van der Waals surface area contributed by atoms with Gasteiger partial charge < -0.3 is 5.32 Å². The summed E-state index contributed by atoms with van der Waals surface area (Å²) in [6.45, 7) is 0.409. The first-order valence-corrected chi connectivity index (χ1v) is 6.81. The van der Waals surface area contributed by atoms with Crippen molar-refractivity contribution in [1.82, 2.24) is 5.32 Å². The molecule has 0 heterocycles. The summed E-state index contributed by atoms with van der Waals surface area (Å²) >= 11 is 5.83. The Kier molecular flexibility index (Phi) is 5.36. The molecule has 1 N–H and O–H groups in total. The van der Waals surface area contributed by atoms with Crippen molar-refractivity contribution in [2.45, 2.75) is 6.42 Å². The first-order chi connectivity index (χ1) is 10.1. The molecule has 0 radical (unpaired) electrons. The van der Waals surface area contributed by atoms with Crippen LogP contribution in [-0.4, -0.2) is 12.5 Å². The molecule has 0 spiro atoms. The van der Waals surface area contributed by atoms with Crippen LogP contribution in [0.25, 0.3) is 0 Å². The summed E-state index contributed by atoms with van der Waals surface area (Å²) in [5, 5.41) is 3.24. The Morgan fingerprint density at radius 3 is 2.76 bits per heavy atom. The first kappa shape index (κ1) is 15.1. The largest absolute Gasteiger partial charge is 0.345 e. The second kappa shape index (κ2) is 7.47. The fourth-order valence-corrected chi connectivity index (χ4v) is 1.94. The monoisotopic (exact) mass is 301 g/mol. The second-order valence-electron chi connectivity index (χ2n) is 4.40. The lowest BCUT2D eigenvalue weighted by Crippen LogP contribution is -2.24. The number of nitrogens with one attached hydrogen (secondary N) is 1. The van der Waals surface area contributed by atoms with E-state index < -0.39 is 0 Å². The topological polar surface area (TPSA) is 29.1 Å². The van der Waals surface area contributed by atoms with Crippen molar-refractivity contribution < 1.29 is 9.18 Å². The summed E-state index contributed by atoms with van der Waals surface area (Å²) in [4.78, 5) is 11.6. The normalized spacial score (nSPS) is 9.62. The average molecular weight is 302 g/mol. The number of carbonyl (C=O) groups is 1. The summed E-state index contributed by atoms with van der Waals surface area (Å²) < 4.78 is 13.0. The molecule has 2 aromatic rings. The molecule has 1 amide bonds. The van der Waals surface area contributed by atoms with Crippen LogP contribution in [0, 0.1) is 17.7 Å². The van der Waals surface area contributed by atoms with Gasteiger partial charge in [-0.25, -0.2) is 4.39 Å². The van der Waals surface area contributed by atoms with Crippen molar-refractivity contribution >= 4 is 17.5 Å². The molecule has 106 valence electrons. The molecule has 0 saturated heterocycles. The number of rotatable bonds is 3. The maximum atomic E-state index is 13.0. The van der Waals surface area contributed by atoms with Gasteiger partial charge in [0.05, 0.1) is 0 Å². The van der Waals surface area contributed by atoms with Gasteiger partial charge in [-0.15, -0.1) is 0 Å². The molecule has 0 bridgehead atoms. The van der Waals surface area contributed by atoms with Crippen LogP contribution < -0.4 is 5.32 Å². The molecular weight excluding hydrogens is 289 g/mol. The van der Waals surface area contributed by atoms with Gasteiger partial charge in [0.1, 0.15) is 5.82 Å². The van der Waals surface area contributed by atoms with Gasteiger partial charge in [0.25, 0.3) is 5.91 Å². The molecule has 0 atom stereocenters. The Balaban J connectivity index is 1.83. The van der Waals surface area contributed by atoms with Gasteiger partial charge in [0, 0.05) is 23.1 Å². The van der Waals surface area contributed by atoms with Gasteiger partial charge in [-0.05, 0) is 42.3 Å². The number of hydrogen-bond donors (Lipinski definition) is 1. The van der Waals surface area contributed by atoms with E-state index >= 15 is 0 Å². The summed E-state index contributed by atoms with van der Waals surface area (Å²) in [5.74, 6) is 4.58. The zero-order valence-electron chi connectivity index (χ0n) is 11.2. The molecular formula is C17H13ClFNO. The van der Waals surface area contributed by atoms with Crippen LogP contribution in [-0.2, 0) is 11.2 Å². The Morgan fingerprint density at radius 2 is 2.00 bits per heavy atom. The Hall–Kier alpha value is -2.31. The van der Waals surface area contributed by atoms with Gasteiger partial charge in [-0.2, -0.15) is 0 Å². The predicted molar refractivity (Wildman–Crippen MR) is 81.4 cm³/mol. The third kappa shape index (κ3) is 5.29. The Morgan fingerprint density at radius 1 is 1.19 bits per heavy atom.